The second-order valence-electron chi connectivity index (χ2n) is 4.64. The molecule has 0 heterocycles. The van der Waals surface area contributed by atoms with E-state index in [1.54, 1.807) is 0 Å². The van der Waals surface area contributed by atoms with Crippen molar-refractivity contribution in [3.8, 4) is 5.75 Å². The molecule has 0 saturated heterocycles. The minimum atomic E-state index is -3.94. The maximum atomic E-state index is 12.5. The van der Waals surface area contributed by atoms with Crippen LogP contribution in [0.2, 0.25) is 5.02 Å². The van der Waals surface area contributed by atoms with E-state index < -0.39 is 19.9 Å². The first kappa shape index (κ1) is 18.6. The van der Waals surface area contributed by atoms with Crippen LogP contribution in [-0.2, 0) is 10.0 Å². The number of aromatic hydroxyl groups is 1. The van der Waals surface area contributed by atoms with Crippen LogP contribution in [0.4, 0.5) is 0 Å². The summed E-state index contributed by atoms with van der Waals surface area (Å²) in [4.78, 5) is -0.0140. The molecule has 0 aliphatic rings. The summed E-state index contributed by atoms with van der Waals surface area (Å²) >= 11 is 23.5. The van der Waals surface area contributed by atoms with Gasteiger partial charge in [-0.2, -0.15) is 4.72 Å². The van der Waals surface area contributed by atoms with Crippen LogP contribution in [0.3, 0.4) is 0 Å². The first-order chi connectivity index (χ1) is 10.6. The number of hydrogen-bond donors (Lipinski definition) is 2. The van der Waals surface area contributed by atoms with Gasteiger partial charge in [0.25, 0.3) is 0 Å². The number of phenolic OH excluding ortho intramolecular Hbond substituents is 1. The zero-order valence-corrected chi connectivity index (χ0v) is 15.2. The monoisotopic (exact) mass is 413 g/mol. The molecule has 4 nitrogen and oxygen atoms in total. The molecule has 9 heteroatoms. The highest BCUT2D eigenvalue weighted by Gasteiger charge is 2.37. The molecule has 0 spiro atoms. The quantitative estimate of drug-likeness (QED) is 0.727. The van der Waals surface area contributed by atoms with Crippen molar-refractivity contribution in [2.75, 3.05) is 0 Å². The number of rotatable bonds is 4. The summed E-state index contributed by atoms with van der Waals surface area (Å²) in [6, 6.07) is 10.1. The van der Waals surface area contributed by atoms with Crippen molar-refractivity contribution in [2.45, 2.75) is 14.7 Å². The van der Waals surface area contributed by atoms with Crippen molar-refractivity contribution in [1.29, 1.82) is 0 Å². The third-order valence-electron chi connectivity index (χ3n) is 2.95. The number of nitrogens with one attached hydrogen (secondary N) is 1. The molecule has 124 valence electrons. The van der Waals surface area contributed by atoms with Crippen molar-refractivity contribution in [3.63, 3.8) is 0 Å². The summed E-state index contributed by atoms with van der Waals surface area (Å²) in [5, 5.41) is 9.73. The van der Waals surface area contributed by atoms with E-state index in [-0.39, 0.29) is 10.6 Å². The number of hydrogen-bond acceptors (Lipinski definition) is 3. The lowest BCUT2D eigenvalue weighted by molar-refractivity contribution is 0.474. The highest BCUT2D eigenvalue weighted by atomic mass is 35.6. The van der Waals surface area contributed by atoms with Crippen LogP contribution in [-0.4, -0.2) is 17.3 Å². The number of phenols is 1. The van der Waals surface area contributed by atoms with Crippen LogP contribution in [0.1, 0.15) is 11.6 Å². The normalized spacial score (nSPS) is 13.7. The predicted molar refractivity (Wildman–Crippen MR) is 92.9 cm³/mol. The van der Waals surface area contributed by atoms with Gasteiger partial charge in [-0.3, -0.25) is 0 Å². The maximum absolute atomic E-state index is 12.5. The molecular formula is C14H11Cl4NO3S. The Morgan fingerprint density at radius 2 is 1.48 bits per heavy atom. The standard InChI is InChI=1S/C14H11Cl4NO3S/c15-10-3-7-12(8-4-10)23(21,22)19-13(14(16,17)18)9-1-5-11(20)6-2-9/h1-8,13,19-20H. The average molecular weight is 415 g/mol. The fraction of sp³-hybridized carbons (Fsp3) is 0.143. The van der Waals surface area contributed by atoms with Crippen molar-refractivity contribution in [2.24, 2.45) is 0 Å². The molecule has 1 atom stereocenters. The summed E-state index contributed by atoms with van der Waals surface area (Å²) in [5.74, 6) is 0.0115. The Kier molecular flexibility index (Phi) is 5.72. The molecular weight excluding hydrogens is 404 g/mol. The van der Waals surface area contributed by atoms with E-state index in [9.17, 15) is 13.5 Å². The molecule has 2 aromatic carbocycles. The first-order valence-corrected chi connectivity index (χ1v) is 9.22. The molecule has 0 amide bonds. The molecule has 1 unspecified atom stereocenters. The fourth-order valence-corrected chi connectivity index (χ4v) is 3.94. The lowest BCUT2D eigenvalue weighted by Gasteiger charge is -2.25. The minimum Gasteiger partial charge on any atom is -0.508 e. The smallest absolute Gasteiger partial charge is 0.241 e. The number of sulfonamides is 1. The van der Waals surface area contributed by atoms with Gasteiger partial charge in [-0.15, -0.1) is 0 Å². The van der Waals surface area contributed by atoms with E-state index in [4.69, 9.17) is 46.4 Å². The number of alkyl halides is 3. The molecule has 0 saturated carbocycles. The Bertz CT molecular complexity index is 771. The van der Waals surface area contributed by atoms with Gasteiger partial charge in [-0.1, -0.05) is 58.5 Å². The molecule has 0 fully saturated rings. The van der Waals surface area contributed by atoms with Gasteiger partial charge in [0.15, 0.2) is 0 Å². The minimum absolute atomic E-state index is 0.0115. The van der Waals surface area contributed by atoms with E-state index in [0.29, 0.717) is 10.6 Å². The maximum Gasteiger partial charge on any atom is 0.241 e. The van der Waals surface area contributed by atoms with Crippen molar-refractivity contribution in [3.05, 3.63) is 59.1 Å². The zero-order chi connectivity index (χ0) is 17.3. The second-order valence-corrected chi connectivity index (χ2v) is 9.16. The highest BCUT2D eigenvalue weighted by molar-refractivity contribution is 7.89. The van der Waals surface area contributed by atoms with Gasteiger partial charge in [-0.05, 0) is 42.0 Å². The van der Waals surface area contributed by atoms with E-state index in [1.807, 2.05) is 0 Å². The summed E-state index contributed by atoms with van der Waals surface area (Å²) in [6.07, 6.45) is 0. The molecule has 0 aromatic heterocycles. The lowest BCUT2D eigenvalue weighted by atomic mass is 10.1. The molecule has 0 radical (unpaired) electrons. The highest BCUT2D eigenvalue weighted by Crippen LogP contribution is 2.41. The Balaban J connectivity index is 2.38. The van der Waals surface area contributed by atoms with Gasteiger partial charge in [0, 0.05) is 5.02 Å². The second kappa shape index (κ2) is 7.05. The molecule has 2 N–H and O–H groups in total. The topological polar surface area (TPSA) is 66.4 Å². The van der Waals surface area contributed by atoms with E-state index >= 15 is 0 Å². The summed E-state index contributed by atoms with van der Waals surface area (Å²) in [6.45, 7) is 0. The Morgan fingerprint density at radius 3 is 1.96 bits per heavy atom. The first-order valence-electron chi connectivity index (χ1n) is 6.23. The van der Waals surface area contributed by atoms with Crippen LogP contribution in [0.5, 0.6) is 5.75 Å². The van der Waals surface area contributed by atoms with E-state index in [0.717, 1.165) is 0 Å². The van der Waals surface area contributed by atoms with Gasteiger partial charge < -0.3 is 5.11 Å². The van der Waals surface area contributed by atoms with Crippen molar-refractivity contribution in [1.82, 2.24) is 4.72 Å². The van der Waals surface area contributed by atoms with Crippen molar-refractivity contribution >= 4 is 56.4 Å². The fourth-order valence-electron chi connectivity index (χ4n) is 1.83. The van der Waals surface area contributed by atoms with E-state index in [2.05, 4.69) is 4.72 Å². The lowest BCUT2D eigenvalue weighted by Crippen LogP contribution is -2.36. The van der Waals surface area contributed by atoms with Gasteiger partial charge in [0.1, 0.15) is 5.75 Å². The van der Waals surface area contributed by atoms with Gasteiger partial charge in [0.05, 0.1) is 10.9 Å². The molecule has 2 aromatic rings. The number of benzene rings is 2. The van der Waals surface area contributed by atoms with Crippen molar-refractivity contribution < 1.29 is 13.5 Å². The zero-order valence-electron chi connectivity index (χ0n) is 11.4. The Morgan fingerprint density at radius 1 is 0.957 bits per heavy atom. The van der Waals surface area contributed by atoms with Crippen LogP contribution in [0.15, 0.2) is 53.4 Å². The van der Waals surface area contributed by atoms with Crippen LogP contribution in [0.25, 0.3) is 0 Å². The van der Waals surface area contributed by atoms with Crippen LogP contribution >= 0.6 is 46.4 Å². The van der Waals surface area contributed by atoms with Gasteiger partial charge >= 0.3 is 0 Å². The van der Waals surface area contributed by atoms with Crippen LogP contribution in [0, 0.1) is 0 Å². The Hall–Kier alpha value is -0.690. The summed E-state index contributed by atoms with van der Waals surface area (Å²) < 4.78 is 25.3. The third kappa shape index (κ3) is 4.89. The van der Waals surface area contributed by atoms with Gasteiger partial charge in [0.2, 0.25) is 13.8 Å². The predicted octanol–water partition coefficient (Wildman–Crippen LogP) is 4.44. The summed E-state index contributed by atoms with van der Waals surface area (Å²) in [5.41, 5.74) is 0.389. The molecule has 23 heavy (non-hydrogen) atoms. The molecule has 0 aliphatic heterocycles. The van der Waals surface area contributed by atoms with Crippen LogP contribution < -0.4 is 4.72 Å². The number of halogens is 4. The third-order valence-corrected chi connectivity index (χ3v) is 5.30. The molecule has 0 aliphatic carbocycles. The Labute approximate surface area is 154 Å². The SMILES string of the molecule is O=S(=O)(NC(c1ccc(O)cc1)C(Cl)(Cl)Cl)c1ccc(Cl)cc1. The van der Waals surface area contributed by atoms with E-state index in [1.165, 1.54) is 48.5 Å². The largest absolute Gasteiger partial charge is 0.508 e. The summed E-state index contributed by atoms with van der Waals surface area (Å²) in [7, 11) is -3.94. The molecule has 0 bridgehead atoms. The average Bonchev–Trinajstić information content (AvgIpc) is 2.45. The van der Waals surface area contributed by atoms with Gasteiger partial charge in [-0.25, -0.2) is 8.42 Å². The molecule has 2 rings (SSSR count).